The summed E-state index contributed by atoms with van der Waals surface area (Å²) in [6.45, 7) is 0. The summed E-state index contributed by atoms with van der Waals surface area (Å²) < 4.78 is 1.56. The number of anilines is 2. The van der Waals surface area contributed by atoms with Gasteiger partial charge in [0, 0.05) is 18.3 Å². The van der Waals surface area contributed by atoms with Gasteiger partial charge in [0.25, 0.3) is 5.91 Å². The Morgan fingerprint density at radius 3 is 2.88 bits per heavy atom. The van der Waals surface area contributed by atoms with Gasteiger partial charge in [-0.1, -0.05) is 11.6 Å². The summed E-state index contributed by atoms with van der Waals surface area (Å²) in [5.41, 5.74) is 7.16. The lowest BCUT2D eigenvalue weighted by Gasteiger charge is -2.06. The molecule has 0 aliphatic rings. The third-order valence-corrected chi connectivity index (χ3v) is 2.46. The van der Waals surface area contributed by atoms with Crippen molar-refractivity contribution in [2.24, 2.45) is 7.05 Å². The molecule has 0 saturated carbocycles. The number of carbonyl (C=O) groups excluding carboxylic acids is 1. The van der Waals surface area contributed by atoms with Crippen molar-refractivity contribution in [3.63, 3.8) is 0 Å². The van der Waals surface area contributed by atoms with Crippen molar-refractivity contribution >= 4 is 28.9 Å². The molecule has 0 spiro atoms. The molecule has 1 aromatic heterocycles. The van der Waals surface area contributed by atoms with Gasteiger partial charge in [-0.05, 0) is 18.2 Å². The molecule has 3 N–H and O–H groups in total. The van der Waals surface area contributed by atoms with E-state index in [0.29, 0.717) is 22.0 Å². The van der Waals surface area contributed by atoms with Crippen molar-refractivity contribution in [1.82, 2.24) is 9.78 Å². The Morgan fingerprint density at radius 2 is 2.29 bits per heavy atom. The summed E-state index contributed by atoms with van der Waals surface area (Å²) in [7, 11) is 1.74. The number of nitrogens with one attached hydrogen (secondary N) is 1. The number of aromatic nitrogens is 2. The molecule has 1 amide bonds. The maximum atomic E-state index is 11.8. The minimum absolute atomic E-state index is 0.257. The molecule has 0 fully saturated rings. The molecule has 2 aromatic rings. The van der Waals surface area contributed by atoms with E-state index in [0.717, 1.165) is 0 Å². The van der Waals surface area contributed by atoms with Gasteiger partial charge in [0.05, 0.1) is 23.1 Å². The maximum absolute atomic E-state index is 11.8. The molecule has 5 nitrogen and oxygen atoms in total. The molecule has 0 saturated heterocycles. The molecule has 1 heterocycles. The molecule has 0 atom stereocenters. The first-order valence-corrected chi connectivity index (χ1v) is 5.29. The van der Waals surface area contributed by atoms with Crippen LogP contribution in [0.1, 0.15) is 10.4 Å². The van der Waals surface area contributed by atoms with Crippen molar-refractivity contribution in [2.45, 2.75) is 0 Å². The minimum Gasteiger partial charge on any atom is -0.397 e. The van der Waals surface area contributed by atoms with Crippen LogP contribution in [-0.2, 0) is 7.05 Å². The highest BCUT2D eigenvalue weighted by molar-refractivity contribution is 6.31. The predicted octanol–water partition coefficient (Wildman–Crippen LogP) is 1.91. The number of amides is 1. The topological polar surface area (TPSA) is 72.9 Å². The number of hydrogen-bond acceptors (Lipinski definition) is 3. The maximum Gasteiger partial charge on any atom is 0.258 e. The highest BCUT2D eigenvalue weighted by Gasteiger charge is 2.09. The second-order valence-corrected chi connectivity index (χ2v) is 4.02. The van der Waals surface area contributed by atoms with E-state index in [1.807, 2.05) is 0 Å². The minimum atomic E-state index is -0.257. The monoisotopic (exact) mass is 250 g/mol. The van der Waals surface area contributed by atoms with Crippen LogP contribution in [-0.4, -0.2) is 15.7 Å². The zero-order valence-corrected chi connectivity index (χ0v) is 9.90. The van der Waals surface area contributed by atoms with Crippen LogP contribution in [0.15, 0.2) is 30.6 Å². The number of aryl methyl sites for hydroxylation is 1. The van der Waals surface area contributed by atoms with Gasteiger partial charge < -0.3 is 11.1 Å². The molecule has 2 rings (SSSR count). The SMILES string of the molecule is Cn1cc(C(=O)Nc2ccc(Cl)cc2N)cn1. The molecule has 88 valence electrons. The first-order chi connectivity index (χ1) is 8.06. The average Bonchev–Trinajstić information content (AvgIpc) is 2.69. The summed E-state index contributed by atoms with van der Waals surface area (Å²) in [5.74, 6) is -0.257. The van der Waals surface area contributed by atoms with Gasteiger partial charge in [-0.3, -0.25) is 9.48 Å². The van der Waals surface area contributed by atoms with E-state index in [4.69, 9.17) is 17.3 Å². The molecule has 0 radical (unpaired) electrons. The summed E-state index contributed by atoms with van der Waals surface area (Å²) in [5, 5.41) is 7.14. The van der Waals surface area contributed by atoms with Crippen LogP contribution in [0, 0.1) is 0 Å². The van der Waals surface area contributed by atoms with Crippen molar-refractivity contribution in [1.29, 1.82) is 0 Å². The normalized spacial score (nSPS) is 10.2. The zero-order chi connectivity index (χ0) is 12.4. The van der Waals surface area contributed by atoms with Crippen LogP contribution in [0.3, 0.4) is 0 Å². The van der Waals surface area contributed by atoms with Gasteiger partial charge in [-0.25, -0.2) is 0 Å². The fourth-order valence-corrected chi connectivity index (χ4v) is 1.56. The van der Waals surface area contributed by atoms with Crippen LogP contribution in [0.5, 0.6) is 0 Å². The lowest BCUT2D eigenvalue weighted by atomic mass is 10.2. The molecule has 1 aromatic carbocycles. The Labute approximate surface area is 103 Å². The fraction of sp³-hybridized carbons (Fsp3) is 0.0909. The van der Waals surface area contributed by atoms with Crippen LogP contribution in [0.25, 0.3) is 0 Å². The highest BCUT2D eigenvalue weighted by atomic mass is 35.5. The lowest BCUT2D eigenvalue weighted by Crippen LogP contribution is -2.12. The third-order valence-electron chi connectivity index (χ3n) is 2.23. The summed E-state index contributed by atoms with van der Waals surface area (Å²) in [6.07, 6.45) is 3.11. The van der Waals surface area contributed by atoms with Crippen molar-refractivity contribution in [3.05, 3.63) is 41.2 Å². The second-order valence-electron chi connectivity index (χ2n) is 3.59. The van der Waals surface area contributed by atoms with Gasteiger partial charge in [-0.15, -0.1) is 0 Å². The van der Waals surface area contributed by atoms with E-state index in [9.17, 15) is 4.79 Å². The first kappa shape index (κ1) is 11.5. The Morgan fingerprint density at radius 1 is 1.53 bits per heavy atom. The number of benzene rings is 1. The Bertz CT molecular complexity index is 564. The molecule has 17 heavy (non-hydrogen) atoms. The smallest absolute Gasteiger partial charge is 0.258 e. The number of rotatable bonds is 2. The second kappa shape index (κ2) is 4.47. The van der Waals surface area contributed by atoms with Crippen molar-refractivity contribution in [3.8, 4) is 0 Å². The fourth-order valence-electron chi connectivity index (χ4n) is 1.38. The average molecular weight is 251 g/mol. The molecule has 0 unspecified atom stereocenters. The Balaban J connectivity index is 2.18. The van der Waals surface area contributed by atoms with Gasteiger partial charge in [0.2, 0.25) is 0 Å². The summed E-state index contributed by atoms with van der Waals surface area (Å²) in [4.78, 5) is 11.8. The summed E-state index contributed by atoms with van der Waals surface area (Å²) in [6, 6.07) is 4.91. The van der Waals surface area contributed by atoms with E-state index in [-0.39, 0.29) is 5.91 Å². The van der Waals surface area contributed by atoms with Crippen molar-refractivity contribution < 1.29 is 4.79 Å². The quantitative estimate of drug-likeness (QED) is 0.800. The number of halogens is 1. The zero-order valence-electron chi connectivity index (χ0n) is 9.14. The Hall–Kier alpha value is -2.01. The molecular formula is C11H11ClN4O. The summed E-state index contributed by atoms with van der Waals surface area (Å²) >= 11 is 5.77. The number of hydrogen-bond donors (Lipinski definition) is 2. The van der Waals surface area contributed by atoms with Gasteiger partial charge in [-0.2, -0.15) is 5.10 Å². The van der Waals surface area contributed by atoms with Crippen LogP contribution >= 0.6 is 11.6 Å². The number of nitrogens with two attached hydrogens (primary N) is 1. The van der Waals surface area contributed by atoms with Crippen molar-refractivity contribution in [2.75, 3.05) is 11.1 Å². The standard InChI is InChI=1S/C11H11ClN4O/c1-16-6-7(5-14-16)11(17)15-10-3-2-8(12)4-9(10)13/h2-6H,13H2,1H3,(H,15,17). The largest absolute Gasteiger partial charge is 0.397 e. The van der Waals surface area contributed by atoms with Gasteiger partial charge >= 0.3 is 0 Å². The lowest BCUT2D eigenvalue weighted by molar-refractivity contribution is 0.102. The number of carbonyl (C=O) groups is 1. The van der Waals surface area contributed by atoms with Crippen LogP contribution in [0.2, 0.25) is 5.02 Å². The van der Waals surface area contributed by atoms with E-state index in [2.05, 4.69) is 10.4 Å². The van der Waals surface area contributed by atoms with E-state index < -0.39 is 0 Å². The van der Waals surface area contributed by atoms with E-state index >= 15 is 0 Å². The number of nitrogens with zero attached hydrogens (tertiary/aromatic N) is 2. The Kier molecular flexibility index (Phi) is 3.01. The highest BCUT2D eigenvalue weighted by Crippen LogP contribution is 2.23. The predicted molar refractivity (Wildman–Crippen MR) is 67.0 cm³/mol. The first-order valence-electron chi connectivity index (χ1n) is 4.91. The van der Waals surface area contributed by atoms with Gasteiger partial charge in [0.15, 0.2) is 0 Å². The molecular weight excluding hydrogens is 240 g/mol. The van der Waals surface area contributed by atoms with E-state index in [1.165, 1.54) is 6.20 Å². The molecule has 0 aliphatic heterocycles. The van der Waals surface area contributed by atoms with Crippen LogP contribution < -0.4 is 11.1 Å². The van der Waals surface area contributed by atoms with E-state index in [1.54, 1.807) is 36.1 Å². The number of nitrogen functional groups attached to an aromatic ring is 1. The molecule has 0 aliphatic carbocycles. The third kappa shape index (κ3) is 2.57. The van der Waals surface area contributed by atoms with Crippen LogP contribution in [0.4, 0.5) is 11.4 Å². The molecule has 6 heteroatoms. The van der Waals surface area contributed by atoms with Gasteiger partial charge in [0.1, 0.15) is 0 Å². The molecule has 0 bridgehead atoms.